The van der Waals surface area contributed by atoms with Gasteiger partial charge in [-0.1, -0.05) is 12.2 Å². The van der Waals surface area contributed by atoms with Gasteiger partial charge in [-0.15, -0.1) is 0 Å². The molecule has 0 aliphatic heterocycles. The van der Waals surface area contributed by atoms with E-state index in [1.165, 1.54) is 12.0 Å². The summed E-state index contributed by atoms with van der Waals surface area (Å²) in [6, 6.07) is -0.113. The van der Waals surface area contributed by atoms with Crippen LogP contribution in [-0.2, 0) is 14.3 Å². The lowest BCUT2D eigenvalue weighted by Gasteiger charge is -2.23. The minimum atomic E-state index is -1.03. The number of carboxylic acid groups (broad SMARTS) is 1. The van der Waals surface area contributed by atoms with Crippen LogP contribution in [0.3, 0.4) is 0 Å². The van der Waals surface area contributed by atoms with Gasteiger partial charge in [0.25, 0.3) is 0 Å². The van der Waals surface area contributed by atoms with E-state index in [1.807, 2.05) is 0 Å². The average Bonchev–Trinajstić information content (AvgIpc) is 2.69. The van der Waals surface area contributed by atoms with Gasteiger partial charge in [-0.2, -0.15) is 0 Å². The van der Waals surface area contributed by atoms with Gasteiger partial charge in [0.05, 0.1) is 12.5 Å². The number of amides is 1. The summed E-state index contributed by atoms with van der Waals surface area (Å²) in [5.41, 5.74) is 5.67. The molecule has 6 heteroatoms. The van der Waals surface area contributed by atoms with Crippen LogP contribution in [0.15, 0.2) is 12.2 Å². The SMILES string of the molecule is COCCN(CC(=O)O)C(=O)C1C=CC(N)C1. The molecule has 0 aromatic carbocycles. The van der Waals surface area contributed by atoms with Gasteiger partial charge in [-0.3, -0.25) is 9.59 Å². The summed E-state index contributed by atoms with van der Waals surface area (Å²) in [5.74, 6) is -1.53. The van der Waals surface area contributed by atoms with Gasteiger partial charge in [0.1, 0.15) is 6.54 Å². The first-order valence-corrected chi connectivity index (χ1v) is 5.48. The van der Waals surface area contributed by atoms with Crippen molar-refractivity contribution >= 4 is 11.9 Å². The van der Waals surface area contributed by atoms with Gasteiger partial charge in [-0.25, -0.2) is 0 Å². The third-order valence-corrected chi connectivity index (χ3v) is 2.64. The lowest BCUT2D eigenvalue weighted by molar-refractivity contribution is -0.146. The molecule has 2 atom stereocenters. The van der Waals surface area contributed by atoms with E-state index in [9.17, 15) is 9.59 Å². The second kappa shape index (κ2) is 6.36. The third-order valence-electron chi connectivity index (χ3n) is 2.64. The largest absolute Gasteiger partial charge is 0.480 e. The monoisotopic (exact) mass is 242 g/mol. The summed E-state index contributed by atoms with van der Waals surface area (Å²) in [6.07, 6.45) is 4.06. The van der Waals surface area contributed by atoms with Crippen LogP contribution in [0.25, 0.3) is 0 Å². The van der Waals surface area contributed by atoms with Crippen LogP contribution in [-0.4, -0.2) is 54.7 Å². The first-order valence-electron chi connectivity index (χ1n) is 5.48. The molecule has 0 aromatic heterocycles. The standard InChI is InChI=1S/C11H18N2O4/c1-17-5-4-13(7-10(14)15)11(16)8-2-3-9(12)6-8/h2-3,8-9H,4-7,12H2,1H3,(H,14,15). The lowest BCUT2D eigenvalue weighted by atomic mass is 10.1. The van der Waals surface area contributed by atoms with Gasteiger partial charge in [0, 0.05) is 19.7 Å². The molecule has 0 bridgehead atoms. The number of hydrogen-bond acceptors (Lipinski definition) is 4. The Balaban J connectivity index is 2.58. The van der Waals surface area contributed by atoms with E-state index in [0.29, 0.717) is 13.0 Å². The minimum Gasteiger partial charge on any atom is -0.480 e. The molecule has 1 rings (SSSR count). The van der Waals surface area contributed by atoms with E-state index >= 15 is 0 Å². The predicted molar refractivity (Wildman–Crippen MR) is 61.3 cm³/mol. The van der Waals surface area contributed by atoms with Gasteiger partial charge < -0.3 is 20.5 Å². The lowest BCUT2D eigenvalue weighted by Crippen LogP contribution is -2.41. The highest BCUT2D eigenvalue weighted by atomic mass is 16.5. The number of nitrogens with zero attached hydrogens (tertiary/aromatic N) is 1. The maximum absolute atomic E-state index is 12.0. The van der Waals surface area contributed by atoms with Gasteiger partial charge >= 0.3 is 5.97 Å². The zero-order chi connectivity index (χ0) is 12.8. The third kappa shape index (κ3) is 4.16. The number of methoxy groups -OCH3 is 1. The number of rotatable bonds is 6. The van der Waals surface area contributed by atoms with Crippen molar-refractivity contribution in [2.45, 2.75) is 12.5 Å². The first-order chi connectivity index (χ1) is 8.04. The molecular weight excluding hydrogens is 224 g/mol. The highest BCUT2D eigenvalue weighted by molar-refractivity contribution is 5.84. The highest BCUT2D eigenvalue weighted by Crippen LogP contribution is 2.18. The predicted octanol–water partition coefficient (Wildman–Crippen LogP) is -0.551. The van der Waals surface area contributed by atoms with Crippen molar-refractivity contribution in [2.24, 2.45) is 11.7 Å². The molecule has 3 N–H and O–H groups in total. The summed E-state index contributed by atoms with van der Waals surface area (Å²) in [4.78, 5) is 24.0. The van der Waals surface area contributed by atoms with Crippen molar-refractivity contribution < 1.29 is 19.4 Å². The van der Waals surface area contributed by atoms with Crippen LogP contribution < -0.4 is 5.73 Å². The van der Waals surface area contributed by atoms with Crippen molar-refractivity contribution in [3.05, 3.63) is 12.2 Å². The summed E-state index contributed by atoms with van der Waals surface area (Å²) in [5, 5.41) is 8.75. The molecule has 0 saturated carbocycles. The van der Waals surface area contributed by atoms with E-state index in [1.54, 1.807) is 12.2 Å². The quantitative estimate of drug-likeness (QED) is 0.610. The summed E-state index contributed by atoms with van der Waals surface area (Å²) < 4.78 is 4.86. The summed E-state index contributed by atoms with van der Waals surface area (Å²) in [7, 11) is 1.51. The molecular formula is C11H18N2O4. The maximum Gasteiger partial charge on any atom is 0.323 e. The summed E-state index contributed by atoms with van der Waals surface area (Å²) in [6.45, 7) is 0.296. The number of carboxylic acids is 1. The number of hydrogen-bond donors (Lipinski definition) is 2. The molecule has 1 aliphatic carbocycles. The summed E-state index contributed by atoms with van der Waals surface area (Å²) >= 11 is 0. The fourth-order valence-electron chi connectivity index (χ4n) is 1.78. The van der Waals surface area contributed by atoms with Crippen molar-refractivity contribution in [1.29, 1.82) is 0 Å². The van der Waals surface area contributed by atoms with Crippen molar-refractivity contribution in [1.82, 2.24) is 4.90 Å². The number of nitrogens with two attached hydrogens (primary N) is 1. The van der Waals surface area contributed by atoms with Crippen LogP contribution in [0.4, 0.5) is 0 Å². The number of carbonyl (C=O) groups is 2. The Bertz CT molecular complexity index is 317. The van der Waals surface area contributed by atoms with E-state index in [-0.39, 0.29) is 31.0 Å². The van der Waals surface area contributed by atoms with E-state index in [0.717, 1.165) is 0 Å². The molecule has 2 unspecified atom stereocenters. The van der Waals surface area contributed by atoms with Crippen LogP contribution in [0.2, 0.25) is 0 Å². The van der Waals surface area contributed by atoms with Gasteiger partial charge in [0.2, 0.25) is 5.91 Å². The molecule has 1 amide bonds. The fourth-order valence-corrected chi connectivity index (χ4v) is 1.78. The Morgan fingerprint density at radius 1 is 1.53 bits per heavy atom. The number of ether oxygens (including phenoxy) is 1. The normalized spacial score (nSPS) is 22.7. The Morgan fingerprint density at radius 3 is 2.71 bits per heavy atom. The smallest absolute Gasteiger partial charge is 0.323 e. The Hall–Kier alpha value is -1.40. The second-order valence-corrected chi connectivity index (χ2v) is 4.04. The molecule has 6 nitrogen and oxygen atoms in total. The molecule has 0 heterocycles. The molecule has 96 valence electrons. The highest BCUT2D eigenvalue weighted by Gasteiger charge is 2.27. The van der Waals surface area contributed by atoms with Crippen molar-refractivity contribution in [2.75, 3.05) is 26.8 Å². The van der Waals surface area contributed by atoms with E-state index < -0.39 is 5.97 Å². The second-order valence-electron chi connectivity index (χ2n) is 4.04. The Labute approximate surface area is 100 Å². The molecule has 0 saturated heterocycles. The van der Waals surface area contributed by atoms with Gasteiger partial charge in [-0.05, 0) is 6.42 Å². The van der Waals surface area contributed by atoms with Crippen LogP contribution in [0.5, 0.6) is 0 Å². The Morgan fingerprint density at radius 2 is 2.24 bits per heavy atom. The van der Waals surface area contributed by atoms with Crippen LogP contribution in [0.1, 0.15) is 6.42 Å². The molecule has 0 radical (unpaired) electrons. The van der Waals surface area contributed by atoms with E-state index in [2.05, 4.69) is 0 Å². The first kappa shape index (κ1) is 13.7. The number of aliphatic carboxylic acids is 1. The minimum absolute atomic E-state index is 0.113. The zero-order valence-electron chi connectivity index (χ0n) is 9.83. The zero-order valence-corrected chi connectivity index (χ0v) is 9.83. The van der Waals surface area contributed by atoms with Gasteiger partial charge in [0.15, 0.2) is 0 Å². The topological polar surface area (TPSA) is 92.9 Å². The Kier molecular flexibility index (Phi) is 5.11. The fraction of sp³-hybridized carbons (Fsp3) is 0.636. The van der Waals surface area contributed by atoms with Crippen LogP contribution >= 0.6 is 0 Å². The van der Waals surface area contributed by atoms with Crippen LogP contribution in [0, 0.1) is 5.92 Å². The van der Waals surface area contributed by atoms with E-state index in [4.69, 9.17) is 15.6 Å². The van der Waals surface area contributed by atoms with Crippen molar-refractivity contribution in [3.8, 4) is 0 Å². The molecule has 0 spiro atoms. The average molecular weight is 242 g/mol. The molecule has 1 aliphatic rings. The van der Waals surface area contributed by atoms with Crippen molar-refractivity contribution in [3.63, 3.8) is 0 Å². The molecule has 0 fully saturated rings. The molecule has 0 aromatic rings. The number of carbonyl (C=O) groups excluding carboxylic acids is 1. The molecule has 17 heavy (non-hydrogen) atoms. The maximum atomic E-state index is 12.0.